The molecule has 1 aliphatic heterocycles. The molecule has 144 valence electrons. The Balaban J connectivity index is 2.26. The van der Waals surface area contributed by atoms with Crippen molar-refractivity contribution in [3.8, 4) is 6.07 Å². The molecule has 2 N–H and O–H groups in total. The topological polar surface area (TPSA) is 89.4 Å². The van der Waals surface area contributed by atoms with E-state index in [1.54, 1.807) is 13.2 Å². The monoisotopic (exact) mass is 373 g/mol. The SMILES string of the molecule is COC1(C)CCN(c2c(C#N)c(=O)[nH]c3ccc(C(C)(C)O)c(F)c23)CC1. The fraction of sp³-hybridized carbons (Fsp3) is 0.500. The van der Waals surface area contributed by atoms with Crippen LogP contribution in [0, 0.1) is 17.1 Å². The Hall–Kier alpha value is -2.43. The van der Waals surface area contributed by atoms with Gasteiger partial charge in [0, 0.05) is 25.8 Å². The molecule has 1 fully saturated rings. The predicted molar refractivity (Wildman–Crippen MR) is 101 cm³/mol. The van der Waals surface area contributed by atoms with Gasteiger partial charge in [-0.05, 0) is 39.7 Å². The fourth-order valence-corrected chi connectivity index (χ4v) is 3.63. The number of hydrogen-bond acceptors (Lipinski definition) is 5. The quantitative estimate of drug-likeness (QED) is 0.864. The number of nitrogens with zero attached hydrogens (tertiary/aromatic N) is 2. The van der Waals surface area contributed by atoms with Gasteiger partial charge in [-0.2, -0.15) is 5.26 Å². The van der Waals surface area contributed by atoms with E-state index in [1.165, 1.54) is 19.9 Å². The van der Waals surface area contributed by atoms with Crippen molar-refractivity contribution in [1.29, 1.82) is 5.26 Å². The van der Waals surface area contributed by atoms with E-state index in [0.717, 1.165) is 0 Å². The van der Waals surface area contributed by atoms with Crippen molar-refractivity contribution in [3.63, 3.8) is 0 Å². The van der Waals surface area contributed by atoms with Gasteiger partial charge in [-0.1, -0.05) is 6.07 Å². The first kappa shape index (κ1) is 19.3. The summed E-state index contributed by atoms with van der Waals surface area (Å²) in [6.45, 7) is 6.07. The third kappa shape index (κ3) is 3.31. The van der Waals surface area contributed by atoms with Crippen LogP contribution in [0.4, 0.5) is 10.1 Å². The number of ether oxygens (including phenoxy) is 1. The lowest BCUT2D eigenvalue weighted by atomic mass is 9.91. The predicted octanol–water partition coefficient (Wildman–Crippen LogP) is 2.77. The molecule has 0 amide bonds. The number of anilines is 1. The normalized spacial score (nSPS) is 17.1. The van der Waals surface area contributed by atoms with Crippen molar-refractivity contribution in [2.45, 2.75) is 44.8 Å². The highest BCUT2D eigenvalue weighted by Gasteiger charge is 2.33. The van der Waals surface area contributed by atoms with Gasteiger partial charge in [-0.3, -0.25) is 4.79 Å². The number of pyridine rings is 1. The molecule has 0 unspecified atom stereocenters. The fourth-order valence-electron chi connectivity index (χ4n) is 3.63. The van der Waals surface area contributed by atoms with Gasteiger partial charge in [0.2, 0.25) is 0 Å². The molecule has 1 aromatic carbocycles. The van der Waals surface area contributed by atoms with Gasteiger partial charge in [0.05, 0.1) is 27.8 Å². The highest BCUT2D eigenvalue weighted by Crippen LogP contribution is 2.37. The second kappa shape index (κ2) is 6.63. The summed E-state index contributed by atoms with van der Waals surface area (Å²) in [5, 5.41) is 20.0. The zero-order chi connectivity index (χ0) is 20.0. The van der Waals surface area contributed by atoms with Crippen molar-refractivity contribution in [3.05, 3.63) is 39.4 Å². The number of H-pyrrole nitrogens is 1. The van der Waals surface area contributed by atoms with Gasteiger partial charge in [0.25, 0.3) is 5.56 Å². The number of hydrogen-bond donors (Lipinski definition) is 2. The molecule has 2 aromatic rings. The van der Waals surface area contributed by atoms with Crippen LogP contribution in [-0.2, 0) is 10.3 Å². The first-order valence-electron chi connectivity index (χ1n) is 8.93. The molecule has 0 aliphatic carbocycles. The number of aromatic amines is 1. The summed E-state index contributed by atoms with van der Waals surface area (Å²) in [5.74, 6) is -0.622. The number of benzene rings is 1. The molecule has 0 atom stereocenters. The Labute approximate surface area is 157 Å². The smallest absolute Gasteiger partial charge is 0.268 e. The van der Waals surface area contributed by atoms with Crippen molar-refractivity contribution in [2.75, 3.05) is 25.1 Å². The maximum Gasteiger partial charge on any atom is 0.268 e. The number of rotatable bonds is 3. The van der Waals surface area contributed by atoms with Crippen molar-refractivity contribution in [2.24, 2.45) is 0 Å². The molecule has 0 radical (unpaired) electrons. The van der Waals surface area contributed by atoms with Crippen LogP contribution in [0.15, 0.2) is 16.9 Å². The zero-order valence-corrected chi connectivity index (χ0v) is 16.0. The van der Waals surface area contributed by atoms with Crippen molar-refractivity contribution >= 4 is 16.6 Å². The second-order valence-corrected chi connectivity index (χ2v) is 7.84. The lowest BCUT2D eigenvalue weighted by Crippen LogP contribution is -2.44. The van der Waals surface area contributed by atoms with Crippen LogP contribution in [0.25, 0.3) is 10.9 Å². The number of nitrogens with one attached hydrogen (secondary N) is 1. The number of piperidine rings is 1. The number of nitriles is 1. The van der Waals surface area contributed by atoms with Crippen molar-refractivity contribution < 1.29 is 14.2 Å². The van der Waals surface area contributed by atoms with Gasteiger partial charge in [0.15, 0.2) is 0 Å². The molecule has 1 aliphatic rings. The van der Waals surface area contributed by atoms with E-state index >= 15 is 4.39 Å². The summed E-state index contributed by atoms with van der Waals surface area (Å²) in [6, 6.07) is 4.96. The summed E-state index contributed by atoms with van der Waals surface area (Å²) >= 11 is 0. The Kier molecular flexibility index (Phi) is 4.74. The van der Waals surface area contributed by atoms with Crippen LogP contribution in [0.2, 0.25) is 0 Å². The minimum atomic E-state index is -1.39. The maximum absolute atomic E-state index is 15.4. The van der Waals surface area contributed by atoms with Crippen LogP contribution in [-0.4, -0.2) is 35.9 Å². The standard InChI is InChI=1S/C20H24FN3O3/c1-19(2,26)13-5-6-14-15(16(13)21)17(12(11-22)18(25)23-14)24-9-7-20(3,27-4)8-10-24/h5-6,26H,7-10H2,1-4H3,(H,23,25). The molecular weight excluding hydrogens is 349 g/mol. The molecule has 1 aromatic heterocycles. The number of aromatic nitrogens is 1. The molecule has 1 saturated heterocycles. The largest absolute Gasteiger partial charge is 0.386 e. The Morgan fingerprint density at radius 2 is 2.00 bits per heavy atom. The molecule has 7 heteroatoms. The molecule has 6 nitrogen and oxygen atoms in total. The number of fused-ring (bicyclic) bond motifs is 1. The van der Waals surface area contributed by atoms with E-state index in [9.17, 15) is 15.2 Å². The second-order valence-electron chi connectivity index (χ2n) is 7.84. The lowest BCUT2D eigenvalue weighted by molar-refractivity contribution is -0.0132. The zero-order valence-electron chi connectivity index (χ0n) is 16.0. The highest BCUT2D eigenvalue weighted by atomic mass is 19.1. The van der Waals surface area contributed by atoms with E-state index in [0.29, 0.717) is 31.4 Å². The molecule has 3 rings (SSSR count). The first-order valence-corrected chi connectivity index (χ1v) is 8.93. The minimum absolute atomic E-state index is 0.115. The van der Waals surface area contributed by atoms with E-state index in [2.05, 4.69) is 4.98 Å². The molecule has 0 spiro atoms. The number of methoxy groups -OCH3 is 1. The molecule has 27 heavy (non-hydrogen) atoms. The molecular formula is C20H24FN3O3. The Bertz CT molecular complexity index is 977. The summed E-state index contributed by atoms with van der Waals surface area (Å²) in [6.07, 6.45) is 1.38. The highest BCUT2D eigenvalue weighted by molar-refractivity contribution is 5.95. The number of halogens is 1. The third-order valence-electron chi connectivity index (χ3n) is 5.49. The Morgan fingerprint density at radius 3 is 2.52 bits per heavy atom. The van der Waals surface area contributed by atoms with Gasteiger partial charge >= 0.3 is 0 Å². The van der Waals surface area contributed by atoms with Crippen LogP contribution in [0.1, 0.15) is 44.7 Å². The van der Waals surface area contributed by atoms with E-state index in [4.69, 9.17) is 4.74 Å². The van der Waals surface area contributed by atoms with Gasteiger partial charge in [-0.25, -0.2) is 4.39 Å². The minimum Gasteiger partial charge on any atom is -0.386 e. The van der Waals surface area contributed by atoms with Crippen molar-refractivity contribution in [1.82, 2.24) is 4.98 Å². The third-order valence-corrected chi connectivity index (χ3v) is 5.49. The van der Waals surface area contributed by atoms with Crippen LogP contribution in [0.5, 0.6) is 0 Å². The molecule has 0 saturated carbocycles. The van der Waals surface area contributed by atoms with E-state index < -0.39 is 17.0 Å². The van der Waals surface area contributed by atoms with Crippen LogP contribution >= 0.6 is 0 Å². The number of aliphatic hydroxyl groups is 1. The van der Waals surface area contributed by atoms with Gasteiger partial charge in [-0.15, -0.1) is 0 Å². The average molecular weight is 373 g/mol. The van der Waals surface area contributed by atoms with Crippen LogP contribution < -0.4 is 10.5 Å². The summed E-state index contributed by atoms with van der Waals surface area (Å²) in [4.78, 5) is 16.9. The summed E-state index contributed by atoms with van der Waals surface area (Å²) in [5.41, 5.74) is -1.62. The first-order chi connectivity index (χ1) is 12.6. The average Bonchev–Trinajstić information content (AvgIpc) is 2.60. The Morgan fingerprint density at radius 1 is 1.37 bits per heavy atom. The lowest BCUT2D eigenvalue weighted by Gasteiger charge is -2.40. The molecule has 2 heterocycles. The van der Waals surface area contributed by atoms with Gasteiger partial charge in [0.1, 0.15) is 17.4 Å². The maximum atomic E-state index is 15.4. The van der Waals surface area contributed by atoms with E-state index in [-0.39, 0.29) is 27.8 Å². The summed E-state index contributed by atoms with van der Waals surface area (Å²) in [7, 11) is 1.66. The molecule has 0 bridgehead atoms. The van der Waals surface area contributed by atoms with Gasteiger partial charge < -0.3 is 19.7 Å². The summed E-state index contributed by atoms with van der Waals surface area (Å²) < 4.78 is 21.0. The van der Waals surface area contributed by atoms with E-state index in [1.807, 2.05) is 17.9 Å². The van der Waals surface area contributed by atoms with Crippen LogP contribution in [0.3, 0.4) is 0 Å².